The molecule has 1 aromatic carbocycles. The fourth-order valence-electron chi connectivity index (χ4n) is 1.99. The van der Waals surface area contributed by atoms with E-state index >= 15 is 0 Å². The predicted molar refractivity (Wildman–Crippen MR) is 75.2 cm³/mol. The zero-order valence-electron chi connectivity index (χ0n) is 11.9. The van der Waals surface area contributed by atoms with E-state index in [1.54, 1.807) is 12.1 Å². The number of esters is 1. The third-order valence-corrected chi connectivity index (χ3v) is 3.35. The van der Waals surface area contributed by atoms with Gasteiger partial charge in [-0.1, -0.05) is 12.1 Å². The second kappa shape index (κ2) is 7.06. The molecule has 0 unspecified atom stereocenters. The summed E-state index contributed by atoms with van der Waals surface area (Å²) in [4.78, 5) is 23.3. The van der Waals surface area contributed by atoms with Crippen LogP contribution in [-0.2, 0) is 16.0 Å². The number of carbonyl (C=O) groups excluding carboxylic acids is 2. The molecule has 21 heavy (non-hydrogen) atoms. The minimum Gasteiger partial charge on any atom is -0.469 e. The summed E-state index contributed by atoms with van der Waals surface area (Å²) in [7, 11) is 1.31. The van der Waals surface area contributed by atoms with Gasteiger partial charge in [-0.3, -0.25) is 4.79 Å². The van der Waals surface area contributed by atoms with Gasteiger partial charge in [0.25, 0.3) is 0 Å². The normalized spacial score (nSPS) is 15.1. The highest BCUT2D eigenvalue weighted by Crippen LogP contribution is 2.18. The van der Waals surface area contributed by atoms with Gasteiger partial charge in [0.15, 0.2) is 0 Å². The lowest BCUT2D eigenvalue weighted by molar-refractivity contribution is -0.145. The number of benzene rings is 1. The first kappa shape index (κ1) is 15.3. The van der Waals surface area contributed by atoms with E-state index in [1.807, 2.05) is 0 Å². The number of hydrogen-bond acceptors (Lipinski definition) is 3. The lowest BCUT2D eigenvalue weighted by Gasteiger charge is -2.16. The Hall–Kier alpha value is -2.11. The summed E-state index contributed by atoms with van der Waals surface area (Å²) in [6.45, 7) is 0.183. The molecule has 1 aromatic rings. The predicted octanol–water partition coefficient (Wildman–Crippen LogP) is 1.62. The van der Waals surface area contributed by atoms with Gasteiger partial charge in [0.1, 0.15) is 5.82 Å². The lowest BCUT2D eigenvalue weighted by atomic mass is 9.99. The summed E-state index contributed by atoms with van der Waals surface area (Å²) in [6.07, 6.45) is 2.39. The van der Waals surface area contributed by atoms with Gasteiger partial charge < -0.3 is 15.4 Å². The third-order valence-electron chi connectivity index (χ3n) is 3.35. The van der Waals surface area contributed by atoms with Crippen LogP contribution in [0.15, 0.2) is 24.3 Å². The molecule has 6 heteroatoms. The van der Waals surface area contributed by atoms with Gasteiger partial charge in [0.05, 0.1) is 13.0 Å². The zero-order chi connectivity index (χ0) is 15.2. The van der Waals surface area contributed by atoms with Crippen molar-refractivity contribution in [1.82, 2.24) is 10.6 Å². The highest BCUT2D eigenvalue weighted by atomic mass is 19.1. The molecule has 0 saturated heterocycles. The Balaban J connectivity index is 1.88. The molecule has 1 saturated carbocycles. The van der Waals surface area contributed by atoms with E-state index in [0.717, 1.165) is 18.4 Å². The van der Waals surface area contributed by atoms with Crippen LogP contribution in [0.4, 0.5) is 9.18 Å². The topological polar surface area (TPSA) is 67.4 Å². The lowest BCUT2D eigenvalue weighted by Crippen LogP contribution is -2.41. The number of hydrogen-bond donors (Lipinski definition) is 2. The molecule has 0 aromatic heterocycles. The monoisotopic (exact) mass is 294 g/mol. The van der Waals surface area contributed by atoms with Gasteiger partial charge in [-0.15, -0.1) is 0 Å². The van der Waals surface area contributed by atoms with Gasteiger partial charge in [0, 0.05) is 12.6 Å². The SMILES string of the molecule is COC(=O)[C@H](CNC(=O)NC1CC1)Cc1ccc(F)cc1. The first-order valence-electron chi connectivity index (χ1n) is 6.95. The fourth-order valence-corrected chi connectivity index (χ4v) is 1.99. The maximum absolute atomic E-state index is 12.9. The molecule has 0 spiro atoms. The van der Waals surface area contributed by atoms with Gasteiger partial charge in [-0.05, 0) is 37.0 Å². The maximum Gasteiger partial charge on any atom is 0.315 e. The first-order valence-corrected chi connectivity index (χ1v) is 6.95. The van der Waals surface area contributed by atoms with Gasteiger partial charge in [-0.2, -0.15) is 0 Å². The minimum atomic E-state index is -0.495. The van der Waals surface area contributed by atoms with Crippen molar-refractivity contribution in [2.75, 3.05) is 13.7 Å². The van der Waals surface area contributed by atoms with Crippen LogP contribution >= 0.6 is 0 Å². The number of nitrogens with one attached hydrogen (secondary N) is 2. The van der Waals surface area contributed by atoms with E-state index in [2.05, 4.69) is 10.6 Å². The molecule has 1 atom stereocenters. The van der Waals surface area contributed by atoms with E-state index in [0.29, 0.717) is 6.42 Å². The largest absolute Gasteiger partial charge is 0.469 e. The standard InChI is InChI=1S/C15H19FN2O3/c1-21-14(19)11(8-10-2-4-12(16)5-3-10)9-17-15(20)18-13-6-7-13/h2-5,11,13H,6-9H2,1H3,(H2,17,18,20)/t11-/m0/s1. The summed E-state index contributed by atoms with van der Waals surface area (Å²) in [5.74, 6) is -1.22. The number of urea groups is 1. The van der Waals surface area contributed by atoms with Crippen molar-refractivity contribution < 1.29 is 18.7 Å². The van der Waals surface area contributed by atoms with Crippen molar-refractivity contribution in [2.24, 2.45) is 5.92 Å². The Bertz CT molecular complexity index is 500. The summed E-state index contributed by atoms with van der Waals surface area (Å²) in [5.41, 5.74) is 0.816. The smallest absolute Gasteiger partial charge is 0.315 e. The third kappa shape index (κ3) is 5.06. The molecule has 2 rings (SSSR count). The van der Waals surface area contributed by atoms with E-state index in [-0.39, 0.29) is 24.4 Å². The average Bonchev–Trinajstić information content (AvgIpc) is 3.28. The Morgan fingerprint density at radius 3 is 2.57 bits per heavy atom. The van der Waals surface area contributed by atoms with E-state index in [9.17, 15) is 14.0 Å². The van der Waals surface area contributed by atoms with E-state index in [1.165, 1.54) is 19.2 Å². The van der Waals surface area contributed by atoms with Crippen LogP contribution in [-0.4, -0.2) is 31.7 Å². The molecule has 1 aliphatic carbocycles. The Morgan fingerprint density at radius 1 is 1.33 bits per heavy atom. The molecule has 114 valence electrons. The summed E-state index contributed by atoms with van der Waals surface area (Å²) in [6, 6.07) is 5.92. The van der Waals surface area contributed by atoms with Gasteiger partial charge in [0.2, 0.25) is 0 Å². The van der Waals surface area contributed by atoms with Crippen LogP contribution < -0.4 is 10.6 Å². The molecule has 1 fully saturated rings. The summed E-state index contributed by atoms with van der Waals surface area (Å²) >= 11 is 0. The molecule has 2 N–H and O–H groups in total. The second-order valence-electron chi connectivity index (χ2n) is 5.18. The van der Waals surface area contributed by atoms with E-state index < -0.39 is 11.9 Å². The van der Waals surface area contributed by atoms with Crippen LogP contribution in [0.2, 0.25) is 0 Å². The van der Waals surface area contributed by atoms with Crippen molar-refractivity contribution in [3.8, 4) is 0 Å². The number of halogens is 1. The van der Waals surface area contributed by atoms with Crippen molar-refractivity contribution in [1.29, 1.82) is 0 Å². The zero-order valence-corrected chi connectivity index (χ0v) is 11.9. The summed E-state index contributed by atoms with van der Waals surface area (Å²) in [5, 5.41) is 5.46. The van der Waals surface area contributed by atoms with Crippen molar-refractivity contribution >= 4 is 12.0 Å². The van der Waals surface area contributed by atoms with Gasteiger partial charge in [-0.25, -0.2) is 9.18 Å². The molecule has 0 aliphatic heterocycles. The van der Waals surface area contributed by atoms with Crippen molar-refractivity contribution in [3.05, 3.63) is 35.6 Å². The number of methoxy groups -OCH3 is 1. The van der Waals surface area contributed by atoms with Crippen LogP contribution in [0.3, 0.4) is 0 Å². The average molecular weight is 294 g/mol. The number of rotatable bonds is 6. The molecule has 0 heterocycles. The molecule has 0 bridgehead atoms. The highest BCUT2D eigenvalue weighted by molar-refractivity contribution is 5.77. The minimum absolute atomic E-state index is 0.183. The summed E-state index contributed by atoms with van der Waals surface area (Å²) < 4.78 is 17.6. The Kier molecular flexibility index (Phi) is 5.14. The van der Waals surface area contributed by atoms with Crippen LogP contribution in [0.5, 0.6) is 0 Å². The fraction of sp³-hybridized carbons (Fsp3) is 0.467. The Labute approximate surface area is 122 Å². The second-order valence-corrected chi connectivity index (χ2v) is 5.18. The quantitative estimate of drug-likeness (QED) is 0.783. The highest BCUT2D eigenvalue weighted by Gasteiger charge is 2.25. The van der Waals surface area contributed by atoms with Crippen molar-refractivity contribution in [3.63, 3.8) is 0 Å². The number of amides is 2. The first-order chi connectivity index (χ1) is 10.1. The van der Waals surface area contributed by atoms with Crippen LogP contribution in [0.25, 0.3) is 0 Å². The van der Waals surface area contributed by atoms with Gasteiger partial charge >= 0.3 is 12.0 Å². The van der Waals surface area contributed by atoms with E-state index in [4.69, 9.17) is 4.74 Å². The van der Waals surface area contributed by atoms with Crippen LogP contribution in [0.1, 0.15) is 18.4 Å². The van der Waals surface area contributed by atoms with Crippen LogP contribution in [0, 0.1) is 11.7 Å². The number of ether oxygens (including phenoxy) is 1. The molecular formula is C15H19FN2O3. The molecule has 5 nitrogen and oxygen atoms in total. The molecule has 2 amide bonds. The molecule has 1 aliphatic rings. The molecule has 0 radical (unpaired) electrons. The molecular weight excluding hydrogens is 275 g/mol. The Morgan fingerprint density at radius 2 is 2.00 bits per heavy atom. The maximum atomic E-state index is 12.9. The van der Waals surface area contributed by atoms with Crippen molar-refractivity contribution in [2.45, 2.75) is 25.3 Å². The number of carbonyl (C=O) groups is 2.